The third kappa shape index (κ3) is 3.73. The smallest absolute Gasteiger partial charge is 0.228 e. The van der Waals surface area contributed by atoms with E-state index in [0.29, 0.717) is 19.3 Å². The van der Waals surface area contributed by atoms with Gasteiger partial charge in [-0.2, -0.15) is 0 Å². The molecular formula is C24H31N5O2S. The summed E-state index contributed by atoms with van der Waals surface area (Å²) in [6.45, 7) is 9.44. The number of nitrogens with zero attached hydrogens (tertiary/aromatic N) is 5. The molecule has 0 radical (unpaired) electrons. The maximum Gasteiger partial charge on any atom is 0.228 e. The number of likely N-dealkylation sites (N-methyl/N-ethyl adjacent to an activating group) is 1. The van der Waals surface area contributed by atoms with Crippen LogP contribution in [0.5, 0.6) is 0 Å². The molecule has 1 saturated carbocycles. The molecule has 1 atom stereocenters. The van der Waals surface area contributed by atoms with E-state index in [0.717, 1.165) is 42.7 Å². The molecule has 2 aliphatic heterocycles. The highest BCUT2D eigenvalue weighted by Gasteiger charge is 2.39. The number of rotatable bonds is 6. The van der Waals surface area contributed by atoms with E-state index >= 15 is 0 Å². The van der Waals surface area contributed by atoms with Crippen molar-refractivity contribution in [3.8, 4) is 0 Å². The number of carbonyl (C=O) groups excluding carboxylic acids is 1. The van der Waals surface area contributed by atoms with E-state index in [2.05, 4.69) is 56.6 Å². The number of hydrogen-bond acceptors (Lipinski definition) is 7. The molecular weight excluding hydrogens is 422 g/mol. The normalized spacial score (nSPS) is 22.3. The highest BCUT2D eigenvalue weighted by molar-refractivity contribution is 8.00. The molecule has 3 aliphatic rings. The van der Waals surface area contributed by atoms with Crippen molar-refractivity contribution in [1.29, 1.82) is 0 Å². The number of allylic oxidation sites excluding steroid dienone is 2. The lowest BCUT2D eigenvalue weighted by molar-refractivity contribution is -0.114. The summed E-state index contributed by atoms with van der Waals surface area (Å²) < 4.78 is 7.74. The fourth-order valence-electron chi connectivity index (χ4n) is 4.71. The first-order valence-electron chi connectivity index (χ1n) is 11.4. The molecule has 0 spiro atoms. The lowest BCUT2D eigenvalue weighted by Gasteiger charge is -2.28. The monoisotopic (exact) mass is 453 g/mol. The number of anilines is 2. The van der Waals surface area contributed by atoms with Crippen molar-refractivity contribution >= 4 is 29.2 Å². The Labute approximate surface area is 193 Å². The minimum atomic E-state index is -0.241. The molecule has 7 nitrogen and oxygen atoms in total. The average molecular weight is 454 g/mol. The van der Waals surface area contributed by atoms with Crippen molar-refractivity contribution in [1.82, 2.24) is 14.8 Å². The molecule has 2 fully saturated rings. The van der Waals surface area contributed by atoms with Gasteiger partial charge in [-0.05, 0) is 31.4 Å². The second kappa shape index (κ2) is 8.23. The van der Waals surface area contributed by atoms with Crippen molar-refractivity contribution in [3.05, 3.63) is 41.6 Å². The summed E-state index contributed by atoms with van der Waals surface area (Å²) in [6, 6.07) is 8.83. The fraction of sp³-hybridized carbons (Fsp3) is 0.542. The molecule has 170 valence electrons. The van der Waals surface area contributed by atoms with Gasteiger partial charge in [0, 0.05) is 49.1 Å². The van der Waals surface area contributed by atoms with Gasteiger partial charge < -0.3 is 14.5 Å². The van der Waals surface area contributed by atoms with E-state index < -0.39 is 0 Å². The van der Waals surface area contributed by atoms with E-state index in [4.69, 9.17) is 4.74 Å². The van der Waals surface area contributed by atoms with E-state index in [1.165, 1.54) is 23.0 Å². The maximum atomic E-state index is 13.3. The van der Waals surface area contributed by atoms with Crippen molar-refractivity contribution in [3.63, 3.8) is 0 Å². The van der Waals surface area contributed by atoms with E-state index in [9.17, 15) is 4.79 Å². The van der Waals surface area contributed by atoms with Crippen molar-refractivity contribution in [2.45, 2.75) is 55.5 Å². The van der Waals surface area contributed by atoms with Crippen molar-refractivity contribution in [2.75, 3.05) is 43.2 Å². The molecule has 3 heterocycles. The first-order chi connectivity index (χ1) is 15.4. The van der Waals surface area contributed by atoms with Gasteiger partial charge >= 0.3 is 0 Å². The Hall–Kier alpha value is -2.32. The summed E-state index contributed by atoms with van der Waals surface area (Å²) in [7, 11) is 2.04. The van der Waals surface area contributed by atoms with E-state index in [-0.39, 0.29) is 16.4 Å². The van der Waals surface area contributed by atoms with Crippen LogP contribution in [-0.4, -0.2) is 59.1 Å². The Kier molecular flexibility index (Phi) is 5.53. The van der Waals surface area contributed by atoms with Gasteiger partial charge in [0.1, 0.15) is 0 Å². The first-order valence-corrected chi connectivity index (χ1v) is 12.3. The predicted octanol–water partition coefficient (Wildman–Crippen LogP) is 3.81. The summed E-state index contributed by atoms with van der Waals surface area (Å²) >= 11 is 1.52. The number of morpholine rings is 1. The molecule has 0 N–H and O–H groups in total. The van der Waals surface area contributed by atoms with Gasteiger partial charge in [0.15, 0.2) is 10.9 Å². The molecule has 5 rings (SSSR count). The van der Waals surface area contributed by atoms with Crippen LogP contribution in [0, 0.1) is 0 Å². The number of benzene rings is 1. The minimum Gasteiger partial charge on any atom is -0.378 e. The van der Waals surface area contributed by atoms with Gasteiger partial charge in [-0.15, -0.1) is 10.2 Å². The van der Waals surface area contributed by atoms with Gasteiger partial charge in [0.25, 0.3) is 0 Å². The number of para-hydroxylation sites is 1. The third-order valence-electron chi connectivity index (χ3n) is 6.75. The minimum absolute atomic E-state index is 0.107. The van der Waals surface area contributed by atoms with Crippen LogP contribution in [0.3, 0.4) is 0 Å². The van der Waals surface area contributed by atoms with Crippen LogP contribution in [0.2, 0.25) is 0 Å². The Bertz CT molecular complexity index is 1050. The molecule has 0 amide bonds. The van der Waals surface area contributed by atoms with E-state index in [1.54, 1.807) is 0 Å². The average Bonchev–Trinajstić information content (AvgIpc) is 3.53. The van der Waals surface area contributed by atoms with Crippen LogP contribution < -0.4 is 9.80 Å². The van der Waals surface area contributed by atoms with Crippen molar-refractivity contribution < 1.29 is 9.53 Å². The predicted molar refractivity (Wildman–Crippen MR) is 128 cm³/mol. The van der Waals surface area contributed by atoms with Crippen molar-refractivity contribution in [2.24, 2.45) is 0 Å². The van der Waals surface area contributed by atoms with Gasteiger partial charge in [-0.1, -0.05) is 43.8 Å². The lowest BCUT2D eigenvalue weighted by Crippen LogP contribution is -2.38. The number of aromatic nitrogens is 3. The van der Waals surface area contributed by atoms with Crippen LogP contribution in [-0.2, 0) is 14.9 Å². The highest BCUT2D eigenvalue weighted by atomic mass is 32.2. The molecule has 2 aromatic rings. The number of ketones is 1. The molecule has 1 aliphatic carbocycles. The van der Waals surface area contributed by atoms with Crippen LogP contribution >= 0.6 is 11.8 Å². The Balaban J connectivity index is 1.36. The van der Waals surface area contributed by atoms with Crippen LogP contribution in [0.15, 0.2) is 41.2 Å². The highest BCUT2D eigenvalue weighted by Crippen LogP contribution is 2.47. The SMILES string of the molecule is CC(Sc1nnc(N2CCOCC2)n1C1CC1)C(=O)/C=C1/N(C)c2ccccc2C1(C)C. The Morgan fingerprint density at radius 1 is 1.22 bits per heavy atom. The molecule has 1 saturated heterocycles. The standard InChI is InChI=1S/C24H31N5O2S/c1-16(20(30)15-21-24(2,3)18-7-5-6-8-19(18)27(21)4)32-23-26-25-22(29(23)17-9-10-17)28-11-13-31-14-12-28/h5-8,15-17H,9-14H2,1-4H3/b21-15+. The lowest BCUT2D eigenvalue weighted by atomic mass is 9.83. The second-order valence-corrected chi connectivity index (χ2v) is 10.7. The van der Waals surface area contributed by atoms with Gasteiger partial charge in [0.05, 0.1) is 18.5 Å². The quantitative estimate of drug-likeness (QED) is 0.487. The summed E-state index contributed by atoms with van der Waals surface area (Å²) in [5.41, 5.74) is 3.25. The van der Waals surface area contributed by atoms with Crippen LogP contribution in [0.4, 0.5) is 11.6 Å². The number of carbonyl (C=O) groups is 1. The molecule has 8 heteroatoms. The van der Waals surface area contributed by atoms with Gasteiger partial charge in [0.2, 0.25) is 5.95 Å². The molecule has 1 unspecified atom stereocenters. The first kappa shape index (κ1) is 21.5. The number of thioether (sulfide) groups is 1. The molecule has 32 heavy (non-hydrogen) atoms. The number of ether oxygens (including phenoxy) is 1. The third-order valence-corrected chi connectivity index (χ3v) is 7.83. The summed E-state index contributed by atoms with van der Waals surface area (Å²) in [5, 5.41) is 9.60. The summed E-state index contributed by atoms with van der Waals surface area (Å²) in [6.07, 6.45) is 4.12. The molecule has 0 bridgehead atoms. The zero-order chi connectivity index (χ0) is 22.5. The maximum absolute atomic E-state index is 13.3. The van der Waals surface area contributed by atoms with Gasteiger partial charge in [-0.25, -0.2) is 0 Å². The van der Waals surface area contributed by atoms with Gasteiger partial charge in [-0.3, -0.25) is 9.36 Å². The van der Waals surface area contributed by atoms with E-state index in [1.807, 2.05) is 26.1 Å². The second-order valence-electron chi connectivity index (χ2n) is 9.38. The topological polar surface area (TPSA) is 63.5 Å². The largest absolute Gasteiger partial charge is 0.378 e. The fourth-order valence-corrected chi connectivity index (χ4v) is 5.64. The Morgan fingerprint density at radius 2 is 1.94 bits per heavy atom. The molecule has 1 aromatic heterocycles. The Morgan fingerprint density at radius 3 is 2.62 bits per heavy atom. The molecule has 1 aromatic carbocycles. The summed E-state index contributed by atoms with van der Waals surface area (Å²) in [4.78, 5) is 17.7. The van der Waals surface area contributed by atoms with Crippen LogP contribution in [0.1, 0.15) is 45.2 Å². The van der Waals surface area contributed by atoms with Crippen LogP contribution in [0.25, 0.3) is 0 Å². The zero-order valence-electron chi connectivity index (χ0n) is 19.2. The zero-order valence-corrected chi connectivity index (χ0v) is 20.1. The number of hydrogen-bond donors (Lipinski definition) is 0. The summed E-state index contributed by atoms with van der Waals surface area (Å²) in [5.74, 6) is 1.03. The number of fused-ring (bicyclic) bond motifs is 1.